The van der Waals surface area contributed by atoms with Crippen LogP contribution in [0.2, 0.25) is 5.02 Å². The van der Waals surface area contributed by atoms with Crippen molar-refractivity contribution in [1.82, 2.24) is 15.5 Å². The van der Waals surface area contributed by atoms with Crippen LogP contribution in [0.4, 0.5) is 4.39 Å². The molecule has 0 saturated carbocycles. The Morgan fingerprint density at radius 3 is 3.05 bits per heavy atom. The monoisotopic (exact) mass is 311 g/mol. The summed E-state index contributed by atoms with van der Waals surface area (Å²) >= 11 is 6.00. The first-order chi connectivity index (χ1) is 10.2. The molecule has 0 amide bonds. The van der Waals surface area contributed by atoms with Gasteiger partial charge in [0.25, 0.3) is 0 Å². The number of benzene rings is 1. The summed E-state index contributed by atoms with van der Waals surface area (Å²) < 4.78 is 24.5. The fourth-order valence-electron chi connectivity index (χ4n) is 2.43. The molecule has 1 aliphatic rings. The number of ether oxygens (including phenoxy) is 1. The summed E-state index contributed by atoms with van der Waals surface area (Å²) in [5.41, 5.74) is 0.374. The Morgan fingerprint density at radius 1 is 1.43 bits per heavy atom. The Kier molecular flexibility index (Phi) is 4.19. The van der Waals surface area contributed by atoms with Gasteiger partial charge in [0, 0.05) is 23.0 Å². The zero-order valence-corrected chi connectivity index (χ0v) is 12.2. The largest absolute Gasteiger partial charge is 0.379 e. The average Bonchev–Trinajstić information content (AvgIpc) is 3.11. The van der Waals surface area contributed by atoms with E-state index < -0.39 is 0 Å². The van der Waals surface area contributed by atoms with Crippen molar-refractivity contribution >= 4 is 11.6 Å². The van der Waals surface area contributed by atoms with E-state index in [2.05, 4.69) is 15.5 Å². The van der Waals surface area contributed by atoms with E-state index >= 15 is 0 Å². The average molecular weight is 312 g/mol. The van der Waals surface area contributed by atoms with E-state index in [1.165, 1.54) is 6.07 Å². The second-order valence-electron chi connectivity index (χ2n) is 4.96. The third-order valence-corrected chi connectivity index (χ3v) is 4.00. The van der Waals surface area contributed by atoms with Gasteiger partial charge in [0.15, 0.2) is 5.82 Å². The fourth-order valence-corrected chi connectivity index (χ4v) is 2.66. The predicted octanol–water partition coefficient (Wildman–Crippen LogP) is 2.15. The Labute approximate surface area is 126 Å². The molecule has 2 unspecified atom stereocenters. The molecule has 112 valence electrons. The maximum absolute atomic E-state index is 13.8. The summed E-state index contributed by atoms with van der Waals surface area (Å²) in [6, 6.07) is 4.72. The van der Waals surface area contributed by atoms with Crippen LogP contribution in [0.15, 0.2) is 22.7 Å². The molecule has 3 rings (SSSR count). The molecule has 0 spiro atoms. The number of nitrogens with zero attached hydrogens (tertiary/aromatic N) is 2. The summed E-state index contributed by atoms with van der Waals surface area (Å²) in [4.78, 5) is 4.34. The number of likely N-dealkylation sites (N-methyl/N-ethyl adjacent to an activating group) is 1. The van der Waals surface area contributed by atoms with Crippen molar-refractivity contribution in [3.05, 3.63) is 46.3 Å². The molecule has 2 heterocycles. The van der Waals surface area contributed by atoms with Crippen molar-refractivity contribution in [2.75, 3.05) is 20.3 Å². The molecule has 1 saturated heterocycles. The van der Waals surface area contributed by atoms with Gasteiger partial charge in [-0.1, -0.05) is 22.8 Å². The quantitative estimate of drug-likeness (QED) is 0.937. The number of hydrogen-bond donors (Lipinski definition) is 1. The van der Waals surface area contributed by atoms with Gasteiger partial charge in [-0.25, -0.2) is 4.39 Å². The smallest absolute Gasteiger partial charge is 0.233 e. The minimum Gasteiger partial charge on any atom is -0.379 e. The lowest BCUT2D eigenvalue weighted by molar-refractivity contribution is 0.185. The van der Waals surface area contributed by atoms with Gasteiger partial charge in [0.1, 0.15) is 5.82 Å². The van der Waals surface area contributed by atoms with Gasteiger partial charge >= 0.3 is 0 Å². The topological polar surface area (TPSA) is 60.2 Å². The molecule has 2 atom stereocenters. The molecular formula is C14H15ClFN3O2. The number of hydrogen-bond acceptors (Lipinski definition) is 5. The number of nitrogens with one attached hydrogen (secondary N) is 1. The molecule has 7 heteroatoms. The Balaban J connectivity index is 1.79. The minimum atomic E-state index is -0.369. The van der Waals surface area contributed by atoms with E-state index in [1.54, 1.807) is 12.1 Å². The van der Waals surface area contributed by atoms with Crippen molar-refractivity contribution in [2.45, 2.75) is 18.4 Å². The molecule has 1 aromatic heterocycles. The van der Waals surface area contributed by atoms with Crippen molar-refractivity contribution in [2.24, 2.45) is 0 Å². The van der Waals surface area contributed by atoms with E-state index in [-0.39, 0.29) is 24.2 Å². The number of aromatic nitrogens is 2. The molecule has 2 aromatic rings. The lowest BCUT2D eigenvalue weighted by atomic mass is 10.0. The summed E-state index contributed by atoms with van der Waals surface area (Å²) in [6.45, 7) is 1.14. The third-order valence-electron chi connectivity index (χ3n) is 3.65. The zero-order chi connectivity index (χ0) is 14.8. The highest BCUT2D eigenvalue weighted by Crippen LogP contribution is 2.26. The van der Waals surface area contributed by atoms with Crippen LogP contribution < -0.4 is 5.32 Å². The van der Waals surface area contributed by atoms with Crippen LogP contribution in [-0.2, 0) is 11.2 Å². The second-order valence-corrected chi connectivity index (χ2v) is 5.37. The number of halogens is 2. The van der Waals surface area contributed by atoms with Crippen molar-refractivity contribution in [3.63, 3.8) is 0 Å². The highest BCUT2D eigenvalue weighted by atomic mass is 35.5. The molecule has 0 bridgehead atoms. The Hall–Kier alpha value is -1.50. The molecule has 5 nitrogen and oxygen atoms in total. The third kappa shape index (κ3) is 2.92. The van der Waals surface area contributed by atoms with Crippen molar-refractivity contribution < 1.29 is 13.7 Å². The van der Waals surface area contributed by atoms with E-state index in [0.717, 1.165) is 0 Å². The van der Waals surface area contributed by atoms with E-state index in [4.69, 9.17) is 20.9 Å². The van der Waals surface area contributed by atoms with Crippen LogP contribution in [0.1, 0.15) is 23.2 Å². The predicted molar refractivity (Wildman–Crippen MR) is 74.9 cm³/mol. The Bertz CT molecular complexity index is 614. The molecule has 1 N–H and O–H groups in total. The lowest BCUT2D eigenvalue weighted by Crippen LogP contribution is -2.31. The highest BCUT2D eigenvalue weighted by molar-refractivity contribution is 6.31. The van der Waals surface area contributed by atoms with Crippen LogP contribution in [0.25, 0.3) is 0 Å². The van der Waals surface area contributed by atoms with Gasteiger partial charge in [-0.05, 0) is 19.2 Å². The lowest BCUT2D eigenvalue weighted by Gasteiger charge is -2.11. The molecule has 1 aromatic carbocycles. The van der Waals surface area contributed by atoms with Gasteiger partial charge in [0.2, 0.25) is 5.89 Å². The highest BCUT2D eigenvalue weighted by Gasteiger charge is 2.33. The summed E-state index contributed by atoms with van der Waals surface area (Å²) in [7, 11) is 1.86. The van der Waals surface area contributed by atoms with Crippen LogP contribution in [-0.4, -0.2) is 36.4 Å². The zero-order valence-electron chi connectivity index (χ0n) is 11.5. The molecule has 1 fully saturated rings. The number of rotatable bonds is 4. The van der Waals surface area contributed by atoms with E-state index in [1.807, 2.05) is 7.05 Å². The summed E-state index contributed by atoms with van der Waals surface area (Å²) in [5, 5.41) is 7.43. The Morgan fingerprint density at radius 2 is 2.29 bits per heavy atom. The van der Waals surface area contributed by atoms with Crippen molar-refractivity contribution in [3.8, 4) is 0 Å². The van der Waals surface area contributed by atoms with E-state index in [0.29, 0.717) is 35.5 Å². The normalized spacial score (nSPS) is 21.9. The molecule has 0 radical (unpaired) electrons. The molecule has 1 aliphatic heterocycles. The molecule has 0 aliphatic carbocycles. The minimum absolute atomic E-state index is 0.0207. The first-order valence-corrected chi connectivity index (χ1v) is 7.07. The summed E-state index contributed by atoms with van der Waals surface area (Å²) in [5.74, 6) is 0.576. The van der Waals surface area contributed by atoms with Gasteiger partial charge in [-0.3, -0.25) is 0 Å². The summed E-state index contributed by atoms with van der Waals surface area (Å²) in [6.07, 6.45) is 0.201. The molecule has 21 heavy (non-hydrogen) atoms. The van der Waals surface area contributed by atoms with E-state index in [9.17, 15) is 4.39 Å². The SMILES string of the molecule is CNC1COCC1c1nc(Cc2c(F)cccc2Cl)no1. The second kappa shape index (κ2) is 6.09. The van der Waals surface area contributed by atoms with Crippen LogP contribution >= 0.6 is 11.6 Å². The van der Waals surface area contributed by atoms with Crippen LogP contribution in [0.3, 0.4) is 0 Å². The van der Waals surface area contributed by atoms with Gasteiger partial charge in [-0.15, -0.1) is 0 Å². The fraction of sp³-hybridized carbons (Fsp3) is 0.429. The first kappa shape index (κ1) is 14.4. The van der Waals surface area contributed by atoms with Gasteiger partial charge in [0.05, 0.1) is 19.1 Å². The van der Waals surface area contributed by atoms with Crippen LogP contribution in [0.5, 0.6) is 0 Å². The van der Waals surface area contributed by atoms with Crippen LogP contribution in [0, 0.1) is 5.82 Å². The molecular weight excluding hydrogens is 297 g/mol. The maximum Gasteiger partial charge on any atom is 0.233 e. The van der Waals surface area contributed by atoms with Crippen molar-refractivity contribution in [1.29, 1.82) is 0 Å². The maximum atomic E-state index is 13.8. The van der Waals surface area contributed by atoms with Gasteiger partial charge in [-0.2, -0.15) is 4.98 Å². The standard InChI is InChI=1S/C14H15ClFN3O2/c1-17-12-7-20-6-9(12)14-18-13(19-21-14)5-8-10(15)3-2-4-11(8)16/h2-4,9,12,17H,5-7H2,1H3. The van der Waals surface area contributed by atoms with Gasteiger partial charge < -0.3 is 14.6 Å². The first-order valence-electron chi connectivity index (χ1n) is 6.69.